The average molecular weight is 724 g/mol. The molecule has 2 aliphatic heterocycles. The summed E-state index contributed by atoms with van der Waals surface area (Å²) in [6, 6.07) is 16.0. The lowest BCUT2D eigenvalue weighted by atomic mass is 9.80. The van der Waals surface area contributed by atoms with E-state index in [1.807, 2.05) is 0 Å². The number of rotatable bonds is 6. The van der Waals surface area contributed by atoms with Gasteiger partial charge in [-0.2, -0.15) is 23.5 Å². The predicted molar refractivity (Wildman–Crippen MR) is 170 cm³/mol. The zero-order valence-corrected chi connectivity index (χ0v) is 26.9. The second-order valence-corrected chi connectivity index (χ2v) is 12.3. The van der Waals surface area contributed by atoms with Crippen LogP contribution in [0, 0.1) is 17.1 Å². The molecule has 3 heterocycles. The Balaban J connectivity index is 1.58. The minimum atomic E-state index is -4.71. The van der Waals surface area contributed by atoms with Crippen LogP contribution in [0.2, 0.25) is 0 Å². The van der Waals surface area contributed by atoms with Gasteiger partial charge in [-0.15, -0.1) is 0 Å². The molecule has 0 spiro atoms. The third-order valence-electron chi connectivity index (χ3n) is 8.53. The molecule has 246 valence electrons. The van der Waals surface area contributed by atoms with Gasteiger partial charge in [0.1, 0.15) is 23.7 Å². The van der Waals surface area contributed by atoms with Crippen LogP contribution in [-0.4, -0.2) is 57.6 Å². The van der Waals surface area contributed by atoms with E-state index in [1.54, 1.807) is 31.2 Å². The number of aromatic nitrogens is 2. The van der Waals surface area contributed by atoms with Crippen molar-refractivity contribution in [3.63, 3.8) is 0 Å². The van der Waals surface area contributed by atoms with E-state index in [4.69, 9.17) is 5.10 Å². The largest absolute Gasteiger partial charge is 0.416 e. The summed E-state index contributed by atoms with van der Waals surface area (Å²) in [5.41, 5.74) is -0.375. The van der Waals surface area contributed by atoms with Crippen molar-refractivity contribution >= 4 is 39.5 Å². The molecular weight excluding hydrogens is 696 g/mol. The molecule has 2 aliphatic rings. The third kappa shape index (κ3) is 5.94. The van der Waals surface area contributed by atoms with Crippen LogP contribution in [0.1, 0.15) is 63.2 Å². The molecule has 6 rings (SSSR count). The first-order chi connectivity index (χ1) is 22.9. The number of nitrogens with one attached hydrogen (secondary N) is 1. The molecule has 0 unspecified atom stereocenters. The number of fused-ring (bicyclic) bond motifs is 1. The number of hydrogen-bond acceptors (Lipinski definition) is 5. The van der Waals surface area contributed by atoms with E-state index in [9.17, 15) is 37.2 Å². The van der Waals surface area contributed by atoms with Crippen LogP contribution < -0.4 is 10.2 Å². The first-order valence-electron chi connectivity index (χ1n) is 15.1. The monoisotopic (exact) mass is 722 g/mol. The number of benzene rings is 3. The van der Waals surface area contributed by atoms with Crippen molar-refractivity contribution < 1.29 is 31.9 Å². The zero-order valence-electron chi connectivity index (χ0n) is 25.3. The minimum absolute atomic E-state index is 0.0652. The molecule has 0 bridgehead atoms. The molecule has 1 aromatic heterocycles. The molecule has 1 N–H and O–H groups in total. The summed E-state index contributed by atoms with van der Waals surface area (Å²) >= 11 is 3.45. The van der Waals surface area contributed by atoms with Gasteiger partial charge in [-0.05, 0) is 73.9 Å². The number of carbonyl (C=O) groups is 3. The molecule has 0 saturated carbocycles. The summed E-state index contributed by atoms with van der Waals surface area (Å²) < 4.78 is 56.9. The Kier molecular flexibility index (Phi) is 8.82. The van der Waals surface area contributed by atoms with Gasteiger partial charge in [0.15, 0.2) is 5.69 Å². The van der Waals surface area contributed by atoms with Crippen molar-refractivity contribution in [2.24, 2.45) is 0 Å². The fraction of sp³-hybridized carbons (Fsp3) is 0.265. The van der Waals surface area contributed by atoms with Crippen LogP contribution in [0.5, 0.6) is 0 Å². The average Bonchev–Trinajstić information content (AvgIpc) is 3.71. The predicted octanol–water partition coefficient (Wildman–Crippen LogP) is 6.22. The normalized spacial score (nSPS) is 19.2. The van der Waals surface area contributed by atoms with Gasteiger partial charge in [0, 0.05) is 34.6 Å². The van der Waals surface area contributed by atoms with Crippen LogP contribution in [0.3, 0.4) is 0 Å². The molecular formula is C34H27BrF4N6O3. The quantitative estimate of drug-likeness (QED) is 0.238. The van der Waals surface area contributed by atoms with Crippen molar-refractivity contribution in [2.75, 3.05) is 18.0 Å². The molecule has 4 aromatic rings. The Hall–Kier alpha value is -5.03. The molecule has 48 heavy (non-hydrogen) atoms. The standard InChI is InChI=1S/C34H27BrF4N6O3/c1-2-43-31-27(29(33(48)44-15-5-10-25(44)18-40)42-45(31)24-9-4-8-22(35)17-24)26(19-11-13-23(36)14-12-19)28(32(43)47)41-30(46)20-6-3-7-21(16-20)34(37,38)39/h3-4,6-9,11-14,16-17,25-26,28H,2,5,10,15H2,1H3,(H,41,46)/t25-,26-,28-/m0/s1. The highest BCUT2D eigenvalue weighted by Gasteiger charge is 2.48. The Morgan fingerprint density at radius 1 is 1.08 bits per heavy atom. The van der Waals surface area contributed by atoms with E-state index < -0.39 is 53.3 Å². The van der Waals surface area contributed by atoms with Crippen LogP contribution in [0.25, 0.3) is 5.69 Å². The number of likely N-dealkylation sites (N-methyl/N-ethyl adjacent to an activating group) is 1. The van der Waals surface area contributed by atoms with E-state index in [0.717, 1.165) is 12.1 Å². The van der Waals surface area contributed by atoms with Crippen LogP contribution in [-0.2, 0) is 11.0 Å². The second kappa shape index (κ2) is 12.9. The van der Waals surface area contributed by atoms with Crippen molar-refractivity contribution in [3.8, 4) is 11.8 Å². The number of hydrogen-bond donors (Lipinski definition) is 1. The molecule has 0 aliphatic carbocycles. The number of halogens is 5. The topological polar surface area (TPSA) is 111 Å². The zero-order chi connectivity index (χ0) is 34.3. The maximum atomic E-state index is 14.4. The smallest absolute Gasteiger partial charge is 0.339 e. The summed E-state index contributed by atoms with van der Waals surface area (Å²) in [6.45, 7) is 2.05. The molecule has 14 heteroatoms. The highest BCUT2D eigenvalue weighted by atomic mass is 79.9. The van der Waals surface area contributed by atoms with E-state index in [1.165, 1.54) is 44.8 Å². The van der Waals surface area contributed by atoms with Crippen molar-refractivity contribution in [1.29, 1.82) is 5.26 Å². The molecule has 0 radical (unpaired) electrons. The Bertz CT molecular complexity index is 1960. The maximum absolute atomic E-state index is 14.4. The van der Waals surface area contributed by atoms with E-state index in [2.05, 4.69) is 27.3 Å². The number of nitriles is 1. The van der Waals surface area contributed by atoms with Gasteiger partial charge in [0.05, 0.1) is 17.3 Å². The first kappa shape index (κ1) is 32.9. The fourth-order valence-corrected chi connectivity index (χ4v) is 6.70. The van der Waals surface area contributed by atoms with E-state index in [0.29, 0.717) is 41.2 Å². The molecule has 9 nitrogen and oxygen atoms in total. The molecule has 3 amide bonds. The van der Waals surface area contributed by atoms with Gasteiger partial charge in [-0.25, -0.2) is 9.07 Å². The van der Waals surface area contributed by atoms with Crippen LogP contribution >= 0.6 is 15.9 Å². The van der Waals surface area contributed by atoms with Crippen molar-refractivity contribution in [2.45, 2.75) is 43.9 Å². The first-order valence-corrected chi connectivity index (χ1v) is 15.9. The summed E-state index contributed by atoms with van der Waals surface area (Å²) in [4.78, 5) is 45.1. The van der Waals surface area contributed by atoms with Gasteiger partial charge < -0.3 is 10.2 Å². The maximum Gasteiger partial charge on any atom is 0.416 e. The van der Waals surface area contributed by atoms with Gasteiger partial charge in [0.25, 0.3) is 17.7 Å². The second-order valence-electron chi connectivity index (χ2n) is 11.4. The summed E-state index contributed by atoms with van der Waals surface area (Å²) in [7, 11) is 0. The van der Waals surface area contributed by atoms with E-state index >= 15 is 0 Å². The summed E-state index contributed by atoms with van der Waals surface area (Å²) in [5, 5.41) is 17.2. The van der Waals surface area contributed by atoms with Crippen molar-refractivity contribution in [3.05, 3.63) is 111 Å². The lowest BCUT2D eigenvalue weighted by molar-refractivity contribution is -0.137. The van der Waals surface area contributed by atoms with Crippen LogP contribution in [0.15, 0.2) is 77.3 Å². The number of alkyl halides is 3. The summed E-state index contributed by atoms with van der Waals surface area (Å²) in [5.74, 6) is -3.61. The van der Waals surface area contributed by atoms with E-state index in [-0.39, 0.29) is 29.2 Å². The lowest BCUT2D eigenvalue weighted by Gasteiger charge is -2.38. The number of anilines is 1. The number of carbonyl (C=O) groups excluding carboxylic acids is 3. The van der Waals surface area contributed by atoms with Gasteiger partial charge >= 0.3 is 6.18 Å². The summed E-state index contributed by atoms with van der Waals surface area (Å²) in [6.07, 6.45) is -3.66. The highest BCUT2D eigenvalue weighted by Crippen LogP contribution is 2.44. The number of amides is 3. The van der Waals surface area contributed by atoms with Gasteiger partial charge in [-0.1, -0.05) is 40.2 Å². The van der Waals surface area contributed by atoms with Gasteiger partial charge in [-0.3, -0.25) is 19.3 Å². The molecule has 3 aromatic carbocycles. The third-order valence-corrected chi connectivity index (χ3v) is 9.02. The highest BCUT2D eigenvalue weighted by molar-refractivity contribution is 9.10. The molecule has 3 atom stereocenters. The lowest BCUT2D eigenvalue weighted by Crippen LogP contribution is -2.55. The molecule has 1 fully saturated rings. The Labute approximate surface area is 280 Å². The fourth-order valence-electron chi connectivity index (χ4n) is 6.32. The Morgan fingerprint density at radius 3 is 2.48 bits per heavy atom. The Morgan fingerprint density at radius 2 is 1.81 bits per heavy atom. The van der Waals surface area contributed by atoms with Crippen molar-refractivity contribution in [1.82, 2.24) is 20.0 Å². The van der Waals surface area contributed by atoms with Gasteiger partial charge in [0.2, 0.25) is 0 Å². The SMILES string of the molecule is CCN1C(=O)[C@@H](NC(=O)c2cccc(C(F)(F)F)c2)[C@@H](c2ccc(F)cc2)c2c(C(=O)N3CCC[C@H]3C#N)nn(-c3cccc(Br)c3)c21. The molecule has 1 saturated heterocycles. The number of nitrogens with zero attached hydrogens (tertiary/aromatic N) is 5. The number of likely N-dealkylation sites (tertiary alicyclic amines) is 1. The van der Waals surface area contributed by atoms with Crippen LogP contribution in [0.4, 0.5) is 23.4 Å². The minimum Gasteiger partial charge on any atom is -0.339 e.